The van der Waals surface area contributed by atoms with Crippen molar-refractivity contribution >= 4 is 17.3 Å². The van der Waals surface area contributed by atoms with E-state index in [0.717, 1.165) is 12.8 Å². The molecular weight excluding hydrogens is 264 g/mol. The Morgan fingerprint density at radius 1 is 1.43 bits per heavy atom. The molecule has 1 aromatic carbocycles. The van der Waals surface area contributed by atoms with Gasteiger partial charge in [0.15, 0.2) is 0 Å². The number of nitriles is 1. The molecule has 5 nitrogen and oxygen atoms in total. The van der Waals surface area contributed by atoms with Gasteiger partial charge in [0, 0.05) is 19.3 Å². The first kappa shape index (κ1) is 13.3. The van der Waals surface area contributed by atoms with Crippen LogP contribution in [0.4, 0.5) is 11.4 Å². The van der Waals surface area contributed by atoms with Crippen molar-refractivity contribution in [3.63, 3.8) is 0 Å². The zero-order chi connectivity index (χ0) is 15.0. The predicted molar refractivity (Wildman–Crippen MR) is 81.0 cm³/mol. The first-order valence-electron chi connectivity index (χ1n) is 6.86. The van der Waals surface area contributed by atoms with Crippen LogP contribution in [0.1, 0.15) is 34.9 Å². The minimum Gasteiger partial charge on any atom is -0.397 e. The number of benzene rings is 1. The number of para-hydroxylation sites is 1. The molecule has 0 radical (unpaired) electrons. The van der Waals surface area contributed by atoms with Crippen molar-refractivity contribution in [2.75, 3.05) is 17.7 Å². The molecule has 1 fully saturated rings. The van der Waals surface area contributed by atoms with Gasteiger partial charge in [-0.05, 0) is 31.0 Å². The summed E-state index contributed by atoms with van der Waals surface area (Å²) in [5, 5.41) is 9.16. The number of nitrogens with two attached hydrogens (primary N) is 1. The van der Waals surface area contributed by atoms with Gasteiger partial charge in [-0.1, -0.05) is 12.1 Å². The van der Waals surface area contributed by atoms with Gasteiger partial charge in [0.25, 0.3) is 5.91 Å². The van der Waals surface area contributed by atoms with E-state index >= 15 is 0 Å². The number of hydrogen-bond donors (Lipinski definition) is 1. The number of nitrogens with zero attached hydrogens (tertiary/aromatic N) is 3. The predicted octanol–water partition coefficient (Wildman–Crippen LogP) is 2.55. The largest absolute Gasteiger partial charge is 0.397 e. The number of aromatic nitrogens is 1. The van der Waals surface area contributed by atoms with Crippen LogP contribution in [0.3, 0.4) is 0 Å². The molecule has 1 aromatic heterocycles. The highest BCUT2D eigenvalue weighted by molar-refractivity contribution is 6.06. The Balaban J connectivity index is 1.97. The van der Waals surface area contributed by atoms with E-state index in [0.29, 0.717) is 28.7 Å². The lowest BCUT2D eigenvalue weighted by atomic mass is 10.1. The van der Waals surface area contributed by atoms with Crippen LogP contribution in [0.2, 0.25) is 0 Å². The van der Waals surface area contributed by atoms with Crippen LogP contribution >= 0.6 is 0 Å². The van der Waals surface area contributed by atoms with Crippen LogP contribution in [0.5, 0.6) is 0 Å². The van der Waals surface area contributed by atoms with Gasteiger partial charge >= 0.3 is 0 Å². The fourth-order valence-corrected chi connectivity index (χ4v) is 2.47. The van der Waals surface area contributed by atoms with Crippen LogP contribution < -0.4 is 10.6 Å². The van der Waals surface area contributed by atoms with Crippen LogP contribution in [0.25, 0.3) is 0 Å². The molecule has 106 valence electrons. The topological polar surface area (TPSA) is 75.0 Å². The first-order chi connectivity index (χ1) is 10.1. The molecule has 2 aromatic rings. The number of nitrogen functional groups attached to an aromatic ring is 1. The van der Waals surface area contributed by atoms with Gasteiger partial charge in [-0.15, -0.1) is 0 Å². The third-order valence-corrected chi connectivity index (χ3v) is 3.72. The summed E-state index contributed by atoms with van der Waals surface area (Å²) in [5.41, 5.74) is 8.08. The summed E-state index contributed by atoms with van der Waals surface area (Å²) in [7, 11) is 1.68. The molecule has 3 rings (SSSR count). The summed E-state index contributed by atoms with van der Waals surface area (Å²) < 4.78 is 1.95. The fraction of sp³-hybridized carbons (Fsp3) is 0.250. The Hall–Kier alpha value is -2.74. The van der Waals surface area contributed by atoms with Gasteiger partial charge in [-0.25, -0.2) is 0 Å². The van der Waals surface area contributed by atoms with E-state index in [1.54, 1.807) is 31.3 Å². The smallest absolute Gasteiger partial charge is 0.274 e. The van der Waals surface area contributed by atoms with Crippen molar-refractivity contribution in [1.29, 1.82) is 5.26 Å². The van der Waals surface area contributed by atoms with E-state index in [-0.39, 0.29) is 5.91 Å². The van der Waals surface area contributed by atoms with Crippen LogP contribution in [0.15, 0.2) is 36.5 Å². The second kappa shape index (κ2) is 4.98. The molecule has 1 heterocycles. The Morgan fingerprint density at radius 2 is 2.14 bits per heavy atom. The molecule has 1 amide bonds. The summed E-state index contributed by atoms with van der Waals surface area (Å²) >= 11 is 0. The molecule has 21 heavy (non-hydrogen) atoms. The number of carbonyl (C=O) groups is 1. The van der Waals surface area contributed by atoms with Gasteiger partial charge in [0.05, 0.1) is 16.9 Å². The van der Waals surface area contributed by atoms with Crippen molar-refractivity contribution in [2.24, 2.45) is 0 Å². The zero-order valence-corrected chi connectivity index (χ0v) is 11.8. The van der Waals surface area contributed by atoms with Gasteiger partial charge in [0.1, 0.15) is 11.8 Å². The minimum atomic E-state index is -0.152. The standard InChI is InChI=1S/C16H16N4O/c1-19(14-5-3-2-4-11(14)9-17)16(21)15-8-12(18)10-20(15)13-6-7-13/h2-5,8,10,13H,6-7,18H2,1H3. The van der Waals surface area contributed by atoms with E-state index in [2.05, 4.69) is 6.07 Å². The number of rotatable bonds is 3. The molecule has 1 aliphatic carbocycles. The molecule has 0 bridgehead atoms. The second-order valence-corrected chi connectivity index (χ2v) is 5.29. The Kier molecular flexibility index (Phi) is 3.15. The van der Waals surface area contributed by atoms with E-state index in [1.807, 2.05) is 16.8 Å². The highest BCUT2D eigenvalue weighted by Crippen LogP contribution is 2.37. The number of amides is 1. The van der Waals surface area contributed by atoms with Gasteiger partial charge in [-0.3, -0.25) is 4.79 Å². The Morgan fingerprint density at radius 3 is 2.81 bits per heavy atom. The lowest BCUT2D eigenvalue weighted by Crippen LogP contribution is -2.28. The van der Waals surface area contributed by atoms with Crippen molar-refractivity contribution in [3.8, 4) is 6.07 Å². The maximum Gasteiger partial charge on any atom is 0.274 e. The Bertz CT molecular complexity index is 737. The van der Waals surface area contributed by atoms with Crippen LogP contribution in [-0.2, 0) is 0 Å². The summed E-state index contributed by atoms with van der Waals surface area (Å²) in [5.74, 6) is -0.152. The first-order valence-corrected chi connectivity index (χ1v) is 6.86. The lowest BCUT2D eigenvalue weighted by Gasteiger charge is -2.19. The summed E-state index contributed by atoms with van der Waals surface area (Å²) in [6.07, 6.45) is 3.97. The van der Waals surface area contributed by atoms with Crippen molar-refractivity contribution < 1.29 is 4.79 Å². The number of anilines is 2. The molecular formula is C16H16N4O. The molecule has 0 spiro atoms. The normalized spacial score (nSPS) is 13.7. The Labute approximate surface area is 123 Å². The van der Waals surface area contributed by atoms with E-state index in [4.69, 9.17) is 11.0 Å². The van der Waals surface area contributed by atoms with Gasteiger partial charge in [0.2, 0.25) is 0 Å². The van der Waals surface area contributed by atoms with Crippen molar-refractivity contribution in [3.05, 3.63) is 47.8 Å². The summed E-state index contributed by atoms with van der Waals surface area (Å²) in [6, 6.07) is 11.3. The van der Waals surface area contributed by atoms with Gasteiger partial charge in [-0.2, -0.15) is 5.26 Å². The summed E-state index contributed by atoms with van der Waals surface area (Å²) in [4.78, 5) is 14.2. The highest BCUT2D eigenvalue weighted by Gasteiger charge is 2.29. The summed E-state index contributed by atoms with van der Waals surface area (Å²) in [6.45, 7) is 0. The van der Waals surface area contributed by atoms with Crippen molar-refractivity contribution in [2.45, 2.75) is 18.9 Å². The average Bonchev–Trinajstić information content (AvgIpc) is 3.28. The third-order valence-electron chi connectivity index (χ3n) is 3.72. The maximum atomic E-state index is 12.7. The third kappa shape index (κ3) is 2.36. The maximum absolute atomic E-state index is 12.7. The van der Waals surface area contributed by atoms with Gasteiger partial charge < -0.3 is 15.2 Å². The average molecular weight is 280 g/mol. The molecule has 2 N–H and O–H groups in total. The molecule has 0 saturated heterocycles. The molecule has 1 aliphatic rings. The quantitative estimate of drug-likeness (QED) is 0.938. The molecule has 0 unspecified atom stereocenters. The van der Waals surface area contributed by atoms with Crippen LogP contribution in [0, 0.1) is 11.3 Å². The van der Waals surface area contributed by atoms with E-state index in [1.165, 1.54) is 4.90 Å². The SMILES string of the molecule is CN(C(=O)c1cc(N)cn1C1CC1)c1ccccc1C#N. The minimum absolute atomic E-state index is 0.152. The van der Waals surface area contributed by atoms with E-state index in [9.17, 15) is 4.79 Å². The van der Waals surface area contributed by atoms with Crippen LogP contribution in [-0.4, -0.2) is 17.5 Å². The molecule has 5 heteroatoms. The number of hydrogen-bond acceptors (Lipinski definition) is 3. The highest BCUT2D eigenvalue weighted by atomic mass is 16.2. The molecule has 0 aliphatic heterocycles. The number of carbonyl (C=O) groups excluding carboxylic acids is 1. The second-order valence-electron chi connectivity index (χ2n) is 5.29. The zero-order valence-electron chi connectivity index (χ0n) is 11.8. The van der Waals surface area contributed by atoms with E-state index < -0.39 is 0 Å². The fourth-order valence-electron chi connectivity index (χ4n) is 2.47. The molecule has 0 atom stereocenters. The monoisotopic (exact) mass is 280 g/mol. The molecule has 1 saturated carbocycles. The lowest BCUT2D eigenvalue weighted by molar-refractivity contribution is 0.0984. The van der Waals surface area contributed by atoms with Crippen molar-refractivity contribution in [1.82, 2.24) is 4.57 Å².